The van der Waals surface area contributed by atoms with E-state index in [0.717, 1.165) is 35.7 Å². The maximum Gasteiger partial charge on any atom is 0.430 e. The first-order chi connectivity index (χ1) is 22.7. The van der Waals surface area contributed by atoms with Crippen LogP contribution in [-0.2, 0) is 10.8 Å². The van der Waals surface area contributed by atoms with Gasteiger partial charge in [0.15, 0.2) is 0 Å². The quantitative estimate of drug-likeness (QED) is 0.201. The van der Waals surface area contributed by atoms with E-state index in [4.69, 9.17) is 0 Å². The molecule has 0 unspecified atom stereocenters. The number of aliphatic hydroxyl groups is 2. The maximum absolute atomic E-state index is 13.6. The van der Waals surface area contributed by atoms with Gasteiger partial charge in [0.1, 0.15) is 5.75 Å². The van der Waals surface area contributed by atoms with E-state index in [-0.39, 0.29) is 11.3 Å². The number of phenols is 1. The topological polar surface area (TPSA) is 60.7 Å². The Labute approximate surface area is 286 Å². The first-order valence-electron chi connectivity index (χ1n) is 15.2. The Kier molecular flexibility index (Phi) is 10.7. The van der Waals surface area contributed by atoms with Gasteiger partial charge in [-0.3, -0.25) is 0 Å². The van der Waals surface area contributed by atoms with E-state index in [2.05, 4.69) is 0 Å². The fourth-order valence-electron chi connectivity index (χ4n) is 5.97. The van der Waals surface area contributed by atoms with E-state index in [1.165, 1.54) is 6.07 Å². The normalized spacial score (nSPS) is 14.6. The number of aryl methyl sites for hydroxylation is 3. The van der Waals surface area contributed by atoms with Crippen LogP contribution < -0.4 is 0 Å². The van der Waals surface area contributed by atoms with Gasteiger partial charge in [-0.15, -0.1) is 0 Å². The fourth-order valence-corrected chi connectivity index (χ4v) is 5.97. The number of phenolic OH excluding ortho intramolecular Hbond substituents is 1. The molecule has 0 aliphatic carbocycles. The molecule has 3 aromatic rings. The molecule has 3 N–H and O–H groups in total. The summed E-state index contributed by atoms with van der Waals surface area (Å²) in [4.78, 5) is 0. The lowest BCUT2D eigenvalue weighted by Crippen LogP contribution is -2.58. The lowest BCUT2D eigenvalue weighted by atomic mass is 9.72. The van der Waals surface area contributed by atoms with Crippen molar-refractivity contribution in [1.29, 1.82) is 0 Å². The summed E-state index contributed by atoms with van der Waals surface area (Å²) in [5.41, 5.74) is -12.2. The Morgan fingerprint density at radius 1 is 0.549 bits per heavy atom. The van der Waals surface area contributed by atoms with Gasteiger partial charge in [0.25, 0.3) is 11.2 Å². The van der Waals surface area contributed by atoms with Crippen molar-refractivity contribution in [1.82, 2.24) is 0 Å². The third-order valence-corrected chi connectivity index (χ3v) is 9.47. The van der Waals surface area contributed by atoms with Gasteiger partial charge in [0.2, 0.25) is 0 Å². The average molecular weight is 745 g/mol. The Morgan fingerprint density at radius 2 is 0.961 bits per heavy atom. The highest BCUT2D eigenvalue weighted by atomic mass is 19.4. The maximum atomic E-state index is 13.6. The molecule has 3 rings (SSSR count). The number of benzene rings is 3. The predicted molar refractivity (Wildman–Crippen MR) is 166 cm³/mol. The molecule has 3 aromatic carbocycles. The molecule has 15 heteroatoms. The van der Waals surface area contributed by atoms with Gasteiger partial charge in [-0.1, -0.05) is 76.2 Å². The number of hydrogen-bond donors (Lipinski definition) is 3. The summed E-state index contributed by atoms with van der Waals surface area (Å²) < 4.78 is 164. The summed E-state index contributed by atoms with van der Waals surface area (Å²) in [5.74, 6) is 0.125. The minimum atomic E-state index is -6.64. The van der Waals surface area contributed by atoms with Crippen LogP contribution in [0.2, 0.25) is 0 Å². The SMILES string of the molecule is Cc1cc(C(C)(C)c2ccc(C(C)(C)c3ccc(C(=CC(O)(C(F)(F)F)C(F)(F)F)CC(O)(C(F)(F)F)C(F)(F)F)c(C)c3)cc2C)ccc1O. The largest absolute Gasteiger partial charge is 0.508 e. The van der Waals surface area contributed by atoms with E-state index in [0.29, 0.717) is 16.7 Å². The molecule has 0 bridgehead atoms. The Balaban J connectivity index is 2.21. The molecule has 0 heterocycles. The van der Waals surface area contributed by atoms with Crippen molar-refractivity contribution in [2.75, 3.05) is 0 Å². The van der Waals surface area contributed by atoms with E-state index in [1.54, 1.807) is 39.0 Å². The lowest BCUT2D eigenvalue weighted by molar-refractivity contribution is -0.366. The summed E-state index contributed by atoms with van der Waals surface area (Å²) in [6.45, 7) is 11.9. The van der Waals surface area contributed by atoms with Crippen LogP contribution >= 0.6 is 0 Å². The fraction of sp³-hybridized carbons (Fsp3) is 0.444. The van der Waals surface area contributed by atoms with E-state index in [9.17, 15) is 68.0 Å². The van der Waals surface area contributed by atoms with Gasteiger partial charge in [-0.2, -0.15) is 52.7 Å². The summed E-state index contributed by atoms with van der Waals surface area (Å²) >= 11 is 0. The molecule has 0 fully saturated rings. The van der Waals surface area contributed by atoms with Gasteiger partial charge in [-0.05, 0) is 83.0 Å². The van der Waals surface area contributed by atoms with Crippen molar-refractivity contribution in [2.24, 2.45) is 0 Å². The molecule has 51 heavy (non-hydrogen) atoms. The van der Waals surface area contributed by atoms with Crippen LogP contribution in [0.15, 0.2) is 60.7 Å². The predicted octanol–water partition coefficient (Wildman–Crippen LogP) is 10.5. The second-order valence-corrected chi connectivity index (χ2v) is 13.8. The Morgan fingerprint density at radius 3 is 1.37 bits per heavy atom. The van der Waals surface area contributed by atoms with Crippen LogP contribution in [-0.4, -0.2) is 51.2 Å². The van der Waals surface area contributed by atoms with Gasteiger partial charge in [0, 0.05) is 17.3 Å². The van der Waals surface area contributed by atoms with Gasteiger partial charge in [0.05, 0.1) is 0 Å². The molecule has 3 nitrogen and oxygen atoms in total. The zero-order valence-electron chi connectivity index (χ0n) is 28.4. The molecule has 282 valence electrons. The highest BCUT2D eigenvalue weighted by Crippen LogP contribution is 2.51. The third kappa shape index (κ3) is 7.60. The first-order valence-corrected chi connectivity index (χ1v) is 15.2. The zero-order chi connectivity index (χ0) is 39.6. The number of alkyl halides is 12. The average Bonchev–Trinajstić information content (AvgIpc) is 2.95. The van der Waals surface area contributed by atoms with E-state index < -0.39 is 70.4 Å². The first kappa shape index (κ1) is 41.7. The molecule has 0 aliphatic rings. The van der Waals surface area contributed by atoms with Crippen LogP contribution in [0.25, 0.3) is 5.57 Å². The van der Waals surface area contributed by atoms with Crippen molar-refractivity contribution in [3.05, 3.63) is 105 Å². The highest BCUT2D eigenvalue weighted by Gasteiger charge is 2.72. The molecule has 0 aliphatic heterocycles. The Hall–Kier alpha value is -3.72. The van der Waals surface area contributed by atoms with Crippen molar-refractivity contribution in [3.63, 3.8) is 0 Å². The van der Waals surface area contributed by atoms with Crippen molar-refractivity contribution < 1.29 is 68.0 Å². The van der Waals surface area contributed by atoms with Gasteiger partial charge >= 0.3 is 24.7 Å². The second-order valence-electron chi connectivity index (χ2n) is 13.8. The van der Waals surface area contributed by atoms with E-state index >= 15 is 0 Å². The molecule has 0 aromatic heterocycles. The number of hydrogen-bond acceptors (Lipinski definition) is 3. The standard InChI is InChI=1S/C36H36F12O3/c1-19-14-23(29(4,5)24-9-12-27(20(2)15-24)30(6,7)25-10-13-28(49)21(3)16-25)8-11-26(19)22(17-31(50,33(37,38)39)34(40,41)42)18-32(51,35(43,44)45)36(46,47)48/h8-17,49-51H,18H2,1-7H3. The molecule has 0 atom stereocenters. The molecule has 0 saturated heterocycles. The van der Waals surface area contributed by atoms with Gasteiger partial charge < -0.3 is 15.3 Å². The van der Waals surface area contributed by atoms with Crippen LogP contribution in [0.4, 0.5) is 52.7 Å². The van der Waals surface area contributed by atoms with Crippen LogP contribution in [0.1, 0.15) is 78.6 Å². The van der Waals surface area contributed by atoms with Crippen molar-refractivity contribution in [3.8, 4) is 5.75 Å². The summed E-state index contributed by atoms with van der Waals surface area (Å²) in [5, 5.41) is 29.5. The van der Waals surface area contributed by atoms with Crippen molar-refractivity contribution >= 4 is 5.57 Å². The number of aromatic hydroxyl groups is 1. The Bertz CT molecular complexity index is 1760. The van der Waals surface area contributed by atoms with Gasteiger partial charge in [-0.25, -0.2) is 0 Å². The molecular weight excluding hydrogens is 708 g/mol. The molecule has 0 amide bonds. The van der Waals surface area contributed by atoms with Crippen molar-refractivity contribution in [2.45, 2.75) is 102 Å². The monoisotopic (exact) mass is 744 g/mol. The summed E-state index contributed by atoms with van der Waals surface area (Å²) in [7, 11) is 0. The lowest BCUT2D eigenvalue weighted by Gasteiger charge is -2.35. The highest BCUT2D eigenvalue weighted by molar-refractivity contribution is 5.71. The zero-order valence-corrected chi connectivity index (χ0v) is 28.4. The smallest absolute Gasteiger partial charge is 0.430 e. The van der Waals surface area contributed by atoms with Crippen LogP contribution in [0, 0.1) is 20.8 Å². The third-order valence-electron chi connectivity index (χ3n) is 9.47. The second kappa shape index (κ2) is 13.0. The minimum Gasteiger partial charge on any atom is -0.508 e. The number of rotatable bonds is 8. The molecule has 0 saturated carbocycles. The van der Waals surface area contributed by atoms with Crippen LogP contribution in [0.3, 0.4) is 0 Å². The van der Waals surface area contributed by atoms with E-state index in [1.807, 2.05) is 39.0 Å². The summed E-state index contributed by atoms with van der Waals surface area (Å²) in [6.07, 6.45) is -30.5. The summed E-state index contributed by atoms with van der Waals surface area (Å²) in [6, 6.07) is 13.7. The molecule has 0 radical (unpaired) electrons. The molecule has 0 spiro atoms. The molecular formula is C36H36F12O3. The number of halogens is 12. The minimum absolute atomic E-state index is 0.125. The van der Waals surface area contributed by atoms with Crippen LogP contribution in [0.5, 0.6) is 5.75 Å².